The maximum Gasteiger partial charge on any atom is 0.175 e. The first-order valence-corrected chi connectivity index (χ1v) is 8.49. The second kappa shape index (κ2) is 8.61. The summed E-state index contributed by atoms with van der Waals surface area (Å²) in [4.78, 5) is 2.45. The summed E-state index contributed by atoms with van der Waals surface area (Å²) >= 11 is 3.61. The Morgan fingerprint density at radius 3 is 2.67 bits per heavy atom. The molecular formula is C16H25BrN2O2. The summed E-state index contributed by atoms with van der Waals surface area (Å²) in [5.74, 6) is 1.63. The molecule has 1 N–H and O–H groups in total. The normalized spacial score (nSPS) is 15.4. The maximum absolute atomic E-state index is 5.98. The predicted octanol–water partition coefficient (Wildman–Crippen LogP) is 3.04. The van der Waals surface area contributed by atoms with Crippen molar-refractivity contribution in [2.24, 2.45) is 0 Å². The summed E-state index contributed by atoms with van der Waals surface area (Å²) in [6.45, 7) is 7.52. The lowest BCUT2D eigenvalue weighted by Crippen LogP contribution is -2.25. The van der Waals surface area contributed by atoms with E-state index >= 15 is 0 Å². The number of halogens is 1. The van der Waals surface area contributed by atoms with Crippen LogP contribution in [0.3, 0.4) is 0 Å². The lowest BCUT2D eigenvalue weighted by Gasteiger charge is -2.18. The van der Waals surface area contributed by atoms with Crippen LogP contribution in [0.25, 0.3) is 0 Å². The summed E-state index contributed by atoms with van der Waals surface area (Å²) in [7, 11) is 1.94. The number of likely N-dealkylation sites (tertiary alicyclic amines) is 1. The first-order valence-electron chi connectivity index (χ1n) is 7.69. The topological polar surface area (TPSA) is 33.7 Å². The van der Waals surface area contributed by atoms with Crippen LogP contribution in [0.1, 0.15) is 25.3 Å². The van der Waals surface area contributed by atoms with E-state index in [4.69, 9.17) is 9.47 Å². The van der Waals surface area contributed by atoms with Crippen molar-refractivity contribution in [3.8, 4) is 11.5 Å². The van der Waals surface area contributed by atoms with E-state index in [2.05, 4.69) is 38.3 Å². The summed E-state index contributed by atoms with van der Waals surface area (Å²) < 4.78 is 12.7. The molecule has 118 valence electrons. The van der Waals surface area contributed by atoms with Gasteiger partial charge in [-0.1, -0.05) is 0 Å². The number of benzene rings is 1. The molecule has 0 unspecified atom stereocenters. The summed E-state index contributed by atoms with van der Waals surface area (Å²) in [5.41, 5.74) is 1.18. The molecule has 4 nitrogen and oxygen atoms in total. The Morgan fingerprint density at radius 2 is 2.00 bits per heavy atom. The van der Waals surface area contributed by atoms with Gasteiger partial charge in [0.1, 0.15) is 6.61 Å². The van der Waals surface area contributed by atoms with Crippen molar-refractivity contribution in [1.82, 2.24) is 10.2 Å². The van der Waals surface area contributed by atoms with E-state index in [0.29, 0.717) is 13.2 Å². The van der Waals surface area contributed by atoms with Crippen LogP contribution in [0.4, 0.5) is 0 Å². The summed E-state index contributed by atoms with van der Waals surface area (Å²) in [6, 6.07) is 4.14. The summed E-state index contributed by atoms with van der Waals surface area (Å²) in [6.07, 6.45) is 2.62. The van der Waals surface area contributed by atoms with Crippen molar-refractivity contribution >= 4 is 15.9 Å². The van der Waals surface area contributed by atoms with Gasteiger partial charge in [-0.3, -0.25) is 4.90 Å². The van der Waals surface area contributed by atoms with Crippen LogP contribution >= 0.6 is 15.9 Å². The fraction of sp³-hybridized carbons (Fsp3) is 0.625. The number of ether oxygens (including phenoxy) is 2. The zero-order valence-electron chi connectivity index (χ0n) is 13.0. The van der Waals surface area contributed by atoms with Crippen molar-refractivity contribution in [3.05, 3.63) is 22.2 Å². The zero-order chi connectivity index (χ0) is 15.1. The van der Waals surface area contributed by atoms with Crippen molar-refractivity contribution in [2.75, 3.05) is 39.9 Å². The van der Waals surface area contributed by atoms with E-state index in [-0.39, 0.29) is 0 Å². The molecule has 0 bridgehead atoms. The molecule has 1 aliphatic rings. The third kappa shape index (κ3) is 4.87. The molecule has 0 aliphatic carbocycles. The molecule has 5 heteroatoms. The van der Waals surface area contributed by atoms with E-state index in [1.807, 2.05) is 14.0 Å². The Kier molecular flexibility index (Phi) is 6.80. The molecule has 1 fully saturated rings. The molecule has 0 saturated carbocycles. The average molecular weight is 357 g/mol. The second-order valence-electron chi connectivity index (χ2n) is 5.27. The molecule has 0 radical (unpaired) electrons. The molecule has 0 amide bonds. The Bertz CT molecular complexity index is 448. The monoisotopic (exact) mass is 356 g/mol. The molecule has 0 spiro atoms. The minimum Gasteiger partial charge on any atom is -0.490 e. The molecule has 1 heterocycles. The maximum atomic E-state index is 5.98. The lowest BCUT2D eigenvalue weighted by molar-refractivity contribution is 0.225. The molecule has 0 aromatic heterocycles. The molecule has 1 saturated heterocycles. The summed E-state index contributed by atoms with van der Waals surface area (Å²) in [5, 5.41) is 3.16. The van der Waals surface area contributed by atoms with E-state index in [1.165, 1.54) is 31.5 Å². The first-order chi connectivity index (χ1) is 10.2. The number of hydrogen-bond donors (Lipinski definition) is 1. The van der Waals surface area contributed by atoms with Gasteiger partial charge in [0, 0.05) is 13.1 Å². The number of nitrogens with zero attached hydrogens (tertiary/aromatic N) is 1. The molecule has 1 aromatic carbocycles. The standard InChI is InChI=1S/C16H25BrN2O2/c1-3-20-15-11-13(12-18-2)10-14(17)16(15)21-9-8-19-6-4-5-7-19/h10-11,18H,3-9,12H2,1-2H3. The third-order valence-corrected chi connectivity index (χ3v) is 4.19. The van der Waals surface area contributed by atoms with Gasteiger partial charge in [-0.2, -0.15) is 0 Å². The molecular weight excluding hydrogens is 332 g/mol. The highest BCUT2D eigenvalue weighted by Gasteiger charge is 2.14. The number of nitrogens with one attached hydrogen (secondary N) is 1. The first kappa shape index (κ1) is 16.6. The van der Waals surface area contributed by atoms with Crippen LogP contribution in [-0.4, -0.2) is 44.8 Å². The van der Waals surface area contributed by atoms with E-state index in [9.17, 15) is 0 Å². The van der Waals surface area contributed by atoms with Gasteiger partial charge < -0.3 is 14.8 Å². The lowest BCUT2D eigenvalue weighted by atomic mass is 10.2. The molecule has 2 rings (SSSR count). The van der Waals surface area contributed by atoms with Crippen LogP contribution in [-0.2, 0) is 6.54 Å². The van der Waals surface area contributed by atoms with Gasteiger partial charge in [-0.25, -0.2) is 0 Å². The number of hydrogen-bond acceptors (Lipinski definition) is 4. The SMILES string of the molecule is CCOc1cc(CNC)cc(Br)c1OCCN1CCCC1. The van der Waals surface area contributed by atoms with Crippen LogP contribution in [0.5, 0.6) is 11.5 Å². The van der Waals surface area contributed by atoms with Crippen molar-refractivity contribution in [1.29, 1.82) is 0 Å². The minimum atomic E-state index is 0.637. The minimum absolute atomic E-state index is 0.637. The van der Waals surface area contributed by atoms with E-state index < -0.39 is 0 Å². The fourth-order valence-corrected chi connectivity index (χ4v) is 3.22. The smallest absolute Gasteiger partial charge is 0.175 e. The highest BCUT2D eigenvalue weighted by Crippen LogP contribution is 2.37. The van der Waals surface area contributed by atoms with Gasteiger partial charge in [-0.05, 0) is 73.5 Å². The van der Waals surface area contributed by atoms with Gasteiger partial charge in [0.15, 0.2) is 11.5 Å². The quantitative estimate of drug-likeness (QED) is 0.776. The van der Waals surface area contributed by atoms with Gasteiger partial charge in [0.05, 0.1) is 11.1 Å². The van der Waals surface area contributed by atoms with Gasteiger partial charge >= 0.3 is 0 Å². The van der Waals surface area contributed by atoms with Crippen LogP contribution in [0.2, 0.25) is 0 Å². The van der Waals surface area contributed by atoms with Crippen molar-refractivity contribution < 1.29 is 9.47 Å². The van der Waals surface area contributed by atoms with Crippen molar-refractivity contribution in [2.45, 2.75) is 26.3 Å². The Hall–Kier alpha value is -0.780. The van der Waals surface area contributed by atoms with Gasteiger partial charge in [-0.15, -0.1) is 0 Å². The largest absolute Gasteiger partial charge is 0.490 e. The molecule has 1 aliphatic heterocycles. The van der Waals surface area contributed by atoms with Gasteiger partial charge in [0.2, 0.25) is 0 Å². The van der Waals surface area contributed by atoms with Crippen molar-refractivity contribution in [3.63, 3.8) is 0 Å². The Labute approximate surface area is 135 Å². The fourth-order valence-electron chi connectivity index (χ4n) is 2.61. The Balaban J connectivity index is 2.01. The van der Waals surface area contributed by atoms with Gasteiger partial charge in [0.25, 0.3) is 0 Å². The van der Waals surface area contributed by atoms with Crippen LogP contribution < -0.4 is 14.8 Å². The van der Waals surface area contributed by atoms with E-state index in [0.717, 1.165) is 29.1 Å². The predicted molar refractivity (Wildman–Crippen MR) is 89.2 cm³/mol. The van der Waals surface area contributed by atoms with Crippen LogP contribution in [0.15, 0.2) is 16.6 Å². The third-order valence-electron chi connectivity index (χ3n) is 3.60. The average Bonchev–Trinajstić information content (AvgIpc) is 2.95. The molecule has 1 aromatic rings. The van der Waals surface area contributed by atoms with E-state index in [1.54, 1.807) is 0 Å². The second-order valence-corrected chi connectivity index (χ2v) is 6.12. The highest BCUT2D eigenvalue weighted by molar-refractivity contribution is 9.10. The molecule has 0 atom stereocenters. The number of rotatable bonds is 8. The zero-order valence-corrected chi connectivity index (χ0v) is 14.5. The van der Waals surface area contributed by atoms with Crippen LogP contribution in [0, 0.1) is 0 Å². The highest BCUT2D eigenvalue weighted by atomic mass is 79.9. The molecule has 21 heavy (non-hydrogen) atoms. The Morgan fingerprint density at radius 1 is 1.24 bits per heavy atom.